The molecule has 33 nitrogen and oxygen atoms in total. The van der Waals surface area contributed by atoms with Crippen molar-refractivity contribution in [3.63, 3.8) is 0 Å². The van der Waals surface area contributed by atoms with Crippen molar-refractivity contribution in [2.75, 3.05) is 72.2 Å². The van der Waals surface area contributed by atoms with Crippen LogP contribution in [0.2, 0.25) is 0 Å². The summed E-state index contributed by atoms with van der Waals surface area (Å²) in [4.78, 5) is 72.1. The second kappa shape index (κ2) is 41.0. The third-order valence-electron chi connectivity index (χ3n) is 20.9. The first-order valence-corrected chi connectivity index (χ1v) is 42.3. The Morgan fingerprint density at radius 3 is 1.98 bits per heavy atom. The van der Waals surface area contributed by atoms with E-state index in [9.17, 15) is 50.2 Å². The van der Waals surface area contributed by atoms with E-state index in [0.29, 0.717) is 23.5 Å². The van der Waals surface area contributed by atoms with Crippen LogP contribution in [-0.4, -0.2) is 206 Å². The highest BCUT2D eigenvalue weighted by Crippen LogP contribution is 2.62. The number of nitrogens with zero attached hydrogens (tertiary/aromatic N) is 9. The molecule has 0 radical (unpaired) electrons. The summed E-state index contributed by atoms with van der Waals surface area (Å²) in [5.41, 5.74) is 9.73. The molecule has 0 bridgehead atoms. The minimum absolute atomic E-state index is 0.0106. The molecule has 5 heterocycles. The van der Waals surface area contributed by atoms with Crippen LogP contribution in [0.15, 0.2) is 174 Å². The summed E-state index contributed by atoms with van der Waals surface area (Å²) in [5, 5.41) is 75.8. The average Bonchev–Trinajstić information content (AvgIpc) is 1.64. The highest BCUT2D eigenvalue weighted by atomic mass is 31.2. The van der Waals surface area contributed by atoms with E-state index in [4.69, 9.17) is 51.0 Å². The van der Waals surface area contributed by atoms with Gasteiger partial charge >= 0.3 is 14.3 Å². The first kappa shape index (κ1) is 87.0. The Morgan fingerprint density at radius 2 is 1.35 bits per heavy atom. The fraction of sp³-hybridized carbons (Fsp3) is 0.429. The van der Waals surface area contributed by atoms with E-state index < -0.39 is 103 Å². The summed E-state index contributed by atoms with van der Waals surface area (Å²) in [6.07, 6.45) is -7.38. The number of hydrogen-bond acceptors (Lipinski definition) is 29. The molecule has 3 aliphatic heterocycles. The lowest BCUT2D eigenvalue weighted by Gasteiger charge is -2.37. The van der Waals surface area contributed by atoms with Crippen molar-refractivity contribution in [2.24, 2.45) is 4.99 Å². The number of aromatic nitrogens is 4. The normalized spacial score (nSPS) is 20.3. The number of aliphatic hydroxyl groups excluding tert-OH is 4. The molecule has 2 aliphatic carbocycles. The SMILES string of the molecule is COc1ccc(OC[C@H]2O[C@@H](n3cnc4c(=O)[nH]c(NC(O)CCNC(O)c5ccc(CNC(O)OCC6c7ccccc7-c7ccccc76)cc5)nc43)CC2O[P+](O)(OCCC#N)OC[C@H]2O[C@@H](N3C=CC(NC(=O)CCCN(C)C(=O)OCC4c5ccccc5-c5ccccc54)=NC3O)CC2OP(OCCC#N)N(C(C)C)C(C)C)cc1. The third-order valence-corrected chi connectivity index (χ3v) is 24.6. The van der Waals surface area contributed by atoms with Gasteiger partial charge in [-0.05, 0) is 120 Å². The summed E-state index contributed by atoms with van der Waals surface area (Å²) in [7, 11) is -3.38. The number of anilines is 1. The number of H-pyrrole nitrogens is 1. The number of aliphatic imine (C=N–C) groups is 1. The quantitative estimate of drug-likeness (QED) is 0.00967. The molecule has 0 spiro atoms. The van der Waals surface area contributed by atoms with Gasteiger partial charge in [-0.15, -0.1) is 4.52 Å². The molecule has 12 atom stereocenters. The van der Waals surface area contributed by atoms with Crippen LogP contribution in [0.25, 0.3) is 33.4 Å². The Labute approximate surface area is 691 Å². The van der Waals surface area contributed by atoms with Gasteiger partial charge in [-0.25, -0.2) is 19.4 Å². The minimum atomic E-state index is -4.60. The van der Waals surface area contributed by atoms with E-state index in [0.717, 1.165) is 50.1 Å². The minimum Gasteiger partial charge on any atom is -0.497 e. The number of carbonyl (C=O) groups is 2. The largest absolute Gasteiger partial charge is 0.573 e. The molecule has 630 valence electrons. The van der Waals surface area contributed by atoms with Gasteiger partial charge in [0.25, 0.3) is 14.1 Å². The highest BCUT2D eigenvalue weighted by Gasteiger charge is 2.55. The number of hydrogen-bond donors (Lipinski definition) is 10. The number of aliphatic hydroxyl groups is 4. The summed E-state index contributed by atoms with van der Waals surface area (Å²) < 4.78 is 72.6. The van der Waals surface area contributed by atoms with Gasteiger partial charge in [0.2, 0.25) is 24.6 Å². The lowest BCUT2D eigenvalue weighted by Crippen LogP contribution is -2.43. The number of imidazole rings is 1. The lowest BCUT2D eigenvalue weighted by atomic mass is 9.98. The second-order valence-corrected chi connectivity index (χ2v) is 32.7. The molecule has 5 aliphatic rings. The number of ether oxygens (including phenoxy) is 6. The monoisotopic (exact) mass is 1670 g/mol. The van der Waals surface area contributed by atoms with Gasteiger partial charge in [-0.1, -0.05) is 121 Å². The molecule has 8 unspecified atom stereocenters. The number of amidine groups is 1. The molecule has 2 amide bonds. The van der Waals surface area contributed by atoms with Crippen LogP contribution in [0.3, 0.4) is 0 Å². The molecule has 2 saturated heterocycles. The Morgan fingerprint density at radius 1 is 0.748 bits per heavy atom. The molecule has 2 fully saturated rings. The van der Waals surface area contributed by atoms with Gasteiger partial charge in [0.15, 0.2) is 11.2 Å². The van der Waals surface area contributed by atoms with Gasteiger partial charge in [0, 0.05) is 82.5 Å². The Kier molecular flexibility index (Phi) is 30.0. The van der Waals surface area contributed by atoms with Crippen molar-refractivity contribution < 1.29 is 85.9 Å². The van der Waals surface area contributed by atoms with Crippen LogP contribution in [-0.2, 0) is 52.9 Å². The van der Waals surface area contributed by atoms with Crippen LogP contribution in [0.4, 0.5) is 10.7 Å². The van der Waals surface area contributed by atoms with Gasteiger partial charge in [-0.3, -0.25) is 29.8 Å². The van der Waals surface area contributed by atoms with E-state index in [2.05, 4.69) is 83.7 Å². The molecule has 119 heavy (non-hydrogen) atoms. The zero-order valence-electron chi connectivity index (χ0n) is 66.9. The Balaban J connectivity index is 0.640. The molecule has 13 rings (SSSR count). The maximum Gasteiger partial charge on any atom is 0.573 e. The maximum absolute atomic E-state index is 13.8. The molecule has 35 heteroatoms. The number of fused-ring (bicyclic) bond motifs is 7. The van der Waals surface area contributed by atoms with Crippen LogP contribution in [0.5, 0.6) is 11.5 Å². The molecular formula is C84H101N14O19P2+. The van der Waals surface area contributed by atoms with E-state index in [1.165, 1.54) is 40.1 Å². The Bertz CT molecular complexity index is 4860. The first-order chi connectivity index (χ1) is 57.6. The van der Waals surface area contributed by atoms with Crippen molar-refractivity contribution in [3.8, 4) is 45.9 Å². The zero-order chi connectivity index (χ0) is 83.7. The number of nitrogens with one attached hydrogen (secondary N) is 5. The summed E-state index contributed by atoms with van der Waals surface area (Å²) in [5.74, 6) is 0.399. The number of aromatic amines is 1. The van der Waals surface area contributed by atoms with Gasteiger partial charge in [-0.2, -0.15) is 29.4 Å². The molecule has 0 saturated carbocycles. The Hall–Kier alpha value is -9.78. The molecule has 10 N–H and O–H groups in total. The molecule has 2 aromatic heterocycles. The summed E-state index contributed by atoms with van der Waals surface area (Å²) in [6.45, 7) is 7.98. The number of methoxy groups -OCH3 is 1. The number of nitriles is 2. The van der Waals surface area contributed by atoms with Crippen LogP contribution in [0, 0.1) is 22.7 Å². The lowest BCUT2D eigenvalue weighted by molar-refractivity contribution is -0.123. The van der Waals surface area contributed by atoms with Crippen molar-refractivity contribution in [2.45, 2.75) is 165 Å². The fourth-order valence-electron chi connectivity index (χ4n) is 15.1. The van der Waals surface area contributed by atoms with E-state index in [1.807, 2.05) is 111 Å². The zero-order valence-corrected chi connectivity index (χ0v) is 68.6. The highest BCUT2D eigenvalue weighted by molar-refractivity contribution is 7.55. The molecule has 8 aromatic rings. The van der Waals surface area contributed by atoms with Gasteiger partial charge < -0.3 is 78.3 Å². The van der Waals surface area contributed by atoms with Gasteiger partial charge in [0.1, 0.15) is 87.0 Å². The first-order valence-electron chi connectivity index (χ1n) is 39.6. The number of carbonyl (C=O) groups excluding carboxylic acids is 2. The van der Waals surface area contributed by atoms with Crippen LogP contribution >= 0.6 is 16.7 Å². The van der Waals surface area contributed by atoms with E-state index in [1.54, 1.807) is 43.4 Å². The average molecular weight is 1670 g/mol. The molecule has 6 aromatic carbocycles. The summed E-state index contributed by atoms with van der Waals surface area (Å²) in [6, 6.07) is 50.4. The van der Waals surface area contributed by atoms with Crippen LogP contribution in [0.1, 0.15) is 130 Å². The number of benzene rings is 6. The number of rotatable bonds is 41. The summed E-state index contributed by atoms with van der Waals surface area (Å²) >= 11 is 0. The standard InChI is InChI=1S/C84H100N14O19P2/c1-52(2)98(53(3)4)118(111-42-16-37-85)116-68-44-75(96-41-36-72(91-82(96)103)90-73(99)26-15-40-95(5)84(105)110-48-67-64-24-13-9-20-60(64)61-21-10-14-25-65(61)67)115-71(68)50-113-119(106,112-43-17-38-86)117-69-45-76(114-70(69)49-108-57-33-31-56(107-6)32-34-57)97-51-89-77-78(97)93-81(94-80(77)102)92-74(100)35-39-87-79(101)55-29-27-54(28-30-55)46-88-83(104)109-47-66-62-22-11-7-18-58(62)59-19-8-12-23-63(59)66/h7-14,18-25,27-34,36,41,51-53,66-71,74-76,79,82-83,87-88,100-101,103-104,106H,15-17,26,35,39-40,42-50H2,1-6H3,(H2-,90,91,92,93,94,99,102)/p+1/t68?,69?,70-,71-,74?,75-,76-,79?,82?,83?,118?,119?/m1/s1. The predicted molar refractivity (Wildman–Crippen MR) is 440 cm³/mol. The number of amides is 2. The van der Waals surface area contributed by atoms with E-state index >= 15 is 0 Å². The van der Waals surface area contributed by atoms with Crippen LogP contribution < -0.4 is 36.3 Å². The van der Waals surface area contributed by atoms with E-state index in [-0.39, 0.29) is 138 Å². The molecular weight excluding hydrogens is 1570 g/mol. The van der Waals surface area contributed by atoms with Crippen molar-refractivity contribution in [1.82, 2.24) is 49.9 Å². The fourth-order valence-corrected chi connectivity index (χ4v) is 18.2. The van der Waals surface area contributed by atoms with Crippen molar-refractivity contribution in [3.05, 3.63) is 208 Å². The van der Waals surface area contributed by atoms with Gasteiger partial charge in [0.05, 0.1) is 57.7 Å². The third kappa shape index (κ3) is 21.9. The second-order valence-electron chi connectivity index (χ2n) is 29.6. The maximum atomic E-state index is 13.8. The van der Waals surface area contributed by atoms with Crippen molar-refractivity contribution >= 4 is 51.6 Å². The topological polar surface area (TPSA) is 418 Å². The predicted octanol–water partition coefficient (Wildman–Crippen LogP) is 10.1. The smallest absolute Gasteiger partial charge is 0.497 e. The van der Waals surface area contributed by atoms with Crippen molar-refractivity contribution in [1.29, 1.82) is 10.5 Å².